The Morgan fingerprint density at radius 2 is 2.08 bits per heavy atom. The van der Waals surface area contributed by atoms with Crippen LogP contribution in [0.15, 0.2) is 41.3 Å². The van der Waals surface area contributed by atoms with Crippen molar-refractivity contribution in [1.29, 1.82) is 0 Å². The van der Waals surface area contributed by atoms with E-state index >= 15 is 0 Å². The molecule has 1 unspecified atom stereocenters. The third-order valence-electron chi connectivity index (χ3n) is 4.73. The summed E-state index contributed by atoms with van der Waals surface area (Å²) in [4.78, 5) is 13.0. The minimum Gasteiger partial charge on any atom is -0.339 e. The van der Waals surface area contributed by atoms with Crippen LogP contribution < -0.4 is 0 Å². The third-order valence-corrected chi connectivity index (χ3v) is 4.73. The summed E-state index contributed by atoms with van der Waals surface area (Å²) in [6, 6.07) is 4.87. The second kappa shape index (κ2) is 5.47. The molecule has 122 valence electrons. The molecular weight excluding hydrogens is 307 g/mol. The molecule has 2 aromatic heterocycles. The van der Waals surface area contributed by atoms with E-state index in [-0.39, 0.29) is 17.2 Å². The SMILES string of the molecule is Cc1ccc(F)cc1C1(c2noc(C(C)c3cnccn3)n2)CC1. The van der Waals surface area contributed by atoms with E-state index in [4.69, 9.17) is 4.52 Å². The molecule has 5 nitrogen and oxygen atoms in total. The highest BCUT2D eigenvalue weighted by Gasteiger charge is 2.51. The Morgan fingerprint density at radius 1 is 1.25 bits per heavy atom. The topological polar surface area (TPSA) is 64.7 Å². The summed E-state index contributed by atoms with van der Waals surface area (Å²) >= 11 is 0. The van der Waals surface area contributed by atoms with Crippen molar-refractivity contribution in [2.24, 2.45) is 0 Å². The van der Waals surface area contributed by atoms with Crippen LogP contribution in [0.25, 0.3) is 0 Å². The first-order chi connectivity index (χ1) is 11.6. The molecule has 0 aliphatic heterocycles. The molecule has 1 aliphatic carbocycles. The summed E-state index contributed by atoms with van der Waals surface area (Å²) in [5.41, 5.74) is 2.44. The average Bonchev–Trinajstić information content (AvgIpc) is 3.26. The number of rotatable bonds is 4. The predicted molar refractivity (Wildman–Crippen MR) is 85.0 cm³/mol. The van der Waals surface area contributed by atoms with Crippen molar-refractivity contribution in [3.63, 3.8) is 0 Å². The van der Waals surface area contributed by atoms with E-state index in [2.05, 4.69) is 20.1 Å². The fraction of sp³-hybridized carbons (Fsp3) is 0.333. The zero-order valence-electron chi connectivity index (χ0n) is 13.5. The van der Waals surface area contributed by atoms with Gasteiger partial charge in [-0.15, -0.1) is 0 Å². The Kier molecular flexibility index (Phi) is 3.40. The number of hydrogen-bond acceptors (Lipinski definition) is 5. The molecule has 24 heavy (non-hydrogen) atoms. The van der Waals surface area contributed by atoms with Gasteiger partial charge in [-0.1, -0.05) is 11.2 Å². The molecule has 0 saturated heterocycles. The molecule has 1 aliphatic rings. The first-order valence-corrected chi connectivity index (χ1v) is 7.97. The molecule has 4 rings (SSSR count). The van der Waals surface area contributed by atoms with Crippen molar-refractivity contribution in [1.82, 2.24) is 20.1 Å². The van der Waals surface area contributed by atoms with Crippen LogP contribution in [-0.2, 0) is 5.41 Å². The Labute approximate surface area is 139 Å². The van der Waals surface area contributed by atoms with Gasteiger partial charge in [0.15, 0.2) is 5.82 Å². The van der Waals surface area contributed by atoms with Crippen molar-refractivity contribution in [3.05, 3.63) is 71.1 Å². The number of halogens is 1. The van der Waals surface area contributed by atoms with Crippen LogP contribution in [0.5, 0.6) is 0 Å². The van der Waals surface area contributed by atoms with Gasteiger partial charge >= 0.3 is 0 Å². The lowest BCUT2D eigenvalue weighted by molar-refractivity contribution is 0.361. The minimum atomic E-state index is -0.323. The van der Waals surface area contributed by atoms with Gasteiger partial charge in [-0.05, 0) is 49.9 Å². The summed E-state index contributed by atoms with van der Waals surface area (Å²) in [5.74, 6) is 0.760. The van der Waals surface area contributed by atoms with Gasteiger partial charge in [0.2, 0.25) is 5.89 Å². The Morgan fingerprint density at radius 3 is 2.79 bits per heavy atom. The summed E-state index contributed by atoms with van der Waals surface area (Å²) in [7, 11) is 0. The van der Waals surface area contributed by atoms with E-state index in [0.717, 1.165) is 29.7 Å². The lowest BCUT2D eigenvalue weighted by Crippen LogP contribution is -2.13. The standard InChI is InChI=1S/C18H17FN4O/c1-11-3-4-13(19)9-14(11)18(5-6-18)17-22-16(24-23-17)12(2)15-10-20-7-8-21-15/h3-4,7-10,12H,5-6H2,1-2H3. The largest absolute Gasteiger partial charge is 0.339 e. The summed E-state index contributed by atoms with van der Waals surface area (Å²) < 4.78 is 19.2. The lowest BCUT2D eigenvalue weighted by atomic mass is 9.91. The van der Waals surface area contributed by atoms with E-state index in [0.29, 0.717) is 11.7 Å². The molecule has 1 atom stereocenters. The van der Waals surface area contributed by atoms with Gasteiger partial charge in [-0.3, -0.25) is 9.97 Å². The van der Waals surface area contributed by atoms with Crippen LogP contribution in [0.2, 0.25) is 0 Å². The smallest absolute Gasteiger partial charge is 0.235 e. The monoisotopic (exact) mass is 324 g/mol. The molecular formula is C18H17FN4O. The van der Waals surface area contributed by atoms with Crippen molar-refractivity contribution in [3.8, 4) is 0 Å². The van der Waals surface area contributed by atoms with Crippen molar-refractivity contribution < 1.29 is 8.91 Å². The van der Waals surface area contributed by atoms with Gasteiger partial charge in [0.25, 0.3) is 0 Å². The highest BCUT2D eigenvalue weighted by molar-refractivity contribution is 5.44. The lowest BCUT2D eigenvalue weighted by Gasteiger charge is -2.14. The van der Waals surface area contributed by atoms with Crippen LogP contribution in [-0.4, -0.2) is 20.1 Å². The minimum absolute atomic E-state index is 0.135. The van der Waals surface area contributed by atoms with E-state index in [1.807, 2.05) is 13.8 Å². The molecule has 0 bridgehead atoms. The summed E-state index contributed by atoms with van der Waals surface area (Å²) in [6.07, 6.45) is 6.76. The second-order valence-electron chi connectivity index (χ2n) is 6.35. The second-order valence-corrected chi connectivity index (χ2v) is 6.35. The van der Waals surface area contributed by atoms with Gasteiger partial charge in [0, 0.05) is 18.6 Å². The van der Waals surface area contributed by atoms with E-state index in [1.165, 1.54) is 6.07 Å². The van der Waals surface area contributed by atoms with Crippen molar-refractivity contribution in [2.45, 2.75) is 38.0 Å². The van der Waals surface area contributed by atoms with Crippen LogP contribution in [0.4, 0.5) is 4.39 Å². The Bertz CT molecular complexity index is 874. The molecule has 1 fully saturated rings. The van der Waals surface area contributed by atoms with Crippen LogP contribution in [0, 0.1) is 12.7 Å². The first-order valence-electron chi connectivity index (χ1n) is 7.97. The van der Waals surface area contributed by atoms with Gasteiger partial charge < -0.3 is 4.52 Å². The highest BCUT2D eigenvalue weighted by Crippen LogP contribution is 2.53. The molecule has 1 saturated carbocycles. The molecule has 1 aromatic carbocycles. The van der Waals surface area contributed by atoms with Crippen LogP contribution >= 0.6 is 0 Å². The van der Waals surface area contributed by atoms with Crippen LogP contribution in [0.3, 0.4) is 0 Å². The maximum atomic E-state index is 13.7. The molecule has 0 radical (unpaired) electrons. The zero-order valence-corrected chi connectivity index (χ0v) is 13.5. The quantitative estimate of drug-likeness (QED) is 0.734. The molecule has 0 N–H and O–H groups in total. The first kappa shape index (κ1) is 14.9. The average molecular weight is 324 g/mol. The predicted octanol–water partition coefficient (Wildman–Crippen LogP) is 3.54. The number of hydrogen-bond donors (Lipinski definition) is 0. The van der Waals surface area contributed by atoms with Gasteiger partial charge in [0.05, 0.1) is 17.0 Å². The van der Waals surface area contributed by atoms with Crippen molar-refractivity contribution >= 4 is 0 Å². The molecule has 0 spiro atoms. The van der Waals surface area contributed by atoms with E-state index in [1.54, 1.807) is 30.7 Å². The Hall–Kier alpha value is -2.63. The van der Waals surface area contributed by atoms with Crippen molar-refractivity contribution in [2.75, 3.05) is 0 Å². The highest BCUT2D eigenvalue weighted by atomic mass is 19.1. The zero-order chi connectivity index (χ0) is 16.7. The molecule has 3 aromatic rings. The van der Waals surface area contributed by atoms with Gasteiger partial charge in [-0.2, -0.15) is 4.98 Å². The fourth-order valence-corrected chi connectivity index (χ4v) is 3.11. The Balaban J connectivity index is 1.69. The maximum Gasteiger partial charge on any atom is 0.235 e. The molecule has 6 heteroatoms. The van der Waals surface area contributed by atoms with Crippen LogP contribution in [0.1, 0.15) is 54.2 Å². The number of nitrogens with zero attached hydrogens (tertiary/aromatic N) is 4. The normalized spacial score (nSPS) is 16.8. The van der Waals surface area contributed by atoms with Gasteiger partial charge in [0.1, 0.15) is 5.82 Å². The third kappa shape index (κ3) is 2.38. The van der Waals surface area contributed by atoms with E-state index in [9.17, 15) is 4.39 Å². The number of aryl methyl sites for hydroxylation is 1. The summed E-state index contributed by atoms with van der Waals surface area (Å²) in [6.45, 7) is 3.94. The number of benzene rings is 1. The maximum absolute atomic E-state index is 13.7. The molecule has 2 heterocycles. The van der Waals surface area contributed by atoms with E-state index < -0.39 is 0 Å². The fourth-order valence-electron chi connectivity index (χ4n) is 3.11. The van der Waals surface area contributed by atoms with Gasteiger partial charge in [-0.25, -0.2) is 4.39 Å². The number of aromatic nitrogens is 4. The molecule has 0 amide bonds. The summed E-state index contributed by atoms with van der Waals surface area (Å²) in [5, 5.41) is 4.19.